The lowest BCUT2D eigenvalue weighted by atomic mass is 10.2. The van der Waals surface area contributed by atoms with E-state index >= 15 is 0 Å². The first-order valence-corrected chi connectivity index (χ1v) is 3.90. The highest BCUT2D eigenvalue weighted by Gasteiger charge is 2.03. The molecule has 2 N–H and O–H groups in total. The number of H-pyrrole nitrogens is 1. The molecular formula is C8H11N3O2. The fourth-order valence-corrected chi connectivity index (χ4v) is 0.956. The fourth-order valence-electron chi connectivity index (χ4n) is 0.956. The average Bonchev–Trinajstić information content (AvgIpc) is 2.09. The molecule has 0 amide bonds. The highest BCUT2D eigenvalue weighted by atomic mass is 16.1. The SMILES string of the molecule is Cc1[nH]c(=O)nc(NCC=O)c1C. The predicted octanol–water partition coefficient (Wildman–Crippen LogP) is -0.00246. The number of hydrogen-bond acceptors (Lipinski definition) is 4. The predicted molar refractivity (Wildman–Crippen MR) is 48.9 cm³/mol. The Morgan fingerprint density at radius 3 is 2.85 bits per heavy atom. The van der Waals surface area contributed by atoms with Crippen LogP contribution in [-0.4, -0.2) is 22.8 Å². The Morgan fingerprint density at radius 1 is 1.54 bits per heavy atom. The van der Waals surface area contributed by atoms with Gasteiger partial charge < -0.3 is 15.1 Å². The molecule has 13 heavy (non-hydrogen) atoms. The molecule has 5 nitrogen and oxygen atoms in total. The van der Waals surface area contributed by atoms with Gasteiger partial charge in [0.15, 0.2) is 0 Å². The zero-order chi connectivity index (χ0) is 9.84. The summed E-state index contributed by atoms with van der Waals surface area (Å²) in [5, 5.41) is 2.75. The maximum Gasteiger partial charge on any atom is 0.347 e. The van der Waals surface area contributed by atoms with Crippen molar-refractivity contribution >= 4 is 12.1 Å². The topological polar surface area (TPSA) is 74.8 Å². The lowest BCUT2D eigenvalue weighted by Crippen LogP contribution is -2.17. The second-order valence-corrected chi connectivity index (χ2v) is 2.69. The van der Waals surface area contributed by atoms with E-state index in [2.05, 4.69) is 15.3 Å². The Balaban J connectivity index is 3.05. The number of nitrogens with one attached hydrogen (secondary N) is 2. The van der Waals surface area contributed by atoms with Crippen molar-refractivity contribution in [3.05, 3.63) is 21.7 Å². The molecule has 0 saturated carbocycles. The van der Waals surface area contributed by atoms with Crippen LogP contribution in [0.2, 0.25) is 0 Å². The van der Waals surface area contributed by atoms with Gasteiger partial charge in [0.25, 0.3) is 0 Å². The first kappa shape index (κ1) is 9.44. The van der Waals surface area contributed by atoms with Gasteiger partial charge in [0.05, 0.1) is 6.54 Å². The average molecular weight is 181 g/mol. The monoisotopic (exact) mass is 181 g/mol. The Kier molecular flexibility index (Phi) is 2.79. The number of rotatable bonds is 3. The minimum atomic E-state index is -0.406. The summed E-state index contributed by atoms with van der Waals surface area (Å²) in [6.07, 6.45) is 0.720. The molecule has 1 rings (SSSR count). The second-order valence-electron chi connectivity index (χ2n) is 2.69. The zero-order valence-electron chi connectivity index (χ0n) is 7.55. The van der Waals surface area contributed by atoms with Crippen LogP contribution in [0.5, 0.6) is 0 Å². The molecule has 0 unspecified atom stereocenters. The van der Waals surface area contributed by atoms with E-state index in [0.29, 0.717) is 5.82 Å². The van der Waals surface area contributed by atoms with Gasteiger partial charge in [0.1, 0.15) is 12.1 Å². The molecule has 0 aliphatic heterocycles. The number of aromatic amines is 1. The van der Waals surface area contributed by atoms with E-state index in [9.17, 15) is 9.59 Å². The van der Waals surface area contributed by atoms with Crippen LogP contribution in [0.1, 0.15) is 11.3 Å². The van der Waals surface area contributed by atoms with Crippen LogP contribution in [0.3, 0.4) is 0 Å². The van der Waals surface area contributed by atoms with E-state index in [1.807, 2.05) is 6.92 Å². The Hall–Kier alpha value is -1.65. The highest BCUT2D eigenvalue weighted by molar-refractivity contribution is 5.59. The Labute approximate surface area is 75.2 Å². The molecule has 0 saturated heterocycles. The molecule has 0 atom stereocenters. The van der Waals surface area contributed by atoms with E-state index in [0.717, 1.165) is 17.5 Å². The quantitative estimate of drug-likeness (QED) is 0.643. The lowest BCUT2D eigenvalue weighted by Gasteiger charge is -2.06. The summed E-state index contributed by atoms with van der Waals surface area (Å²) in [4.78, 5) is 27.3. The second kappa shape index (κ2) is 3.84. The maximum absolute atomic E-state index is 10.9. The molecule has 5 heteroatoms. The third-order valence-corrected chi connectivity index (χ3v) is 1.78. The van der Waals surface area contributed by atoms with Crippen molar-refractivity contribution < 1.29 is 4.79 Å². The fraction of sp³-hybridized carbons (Fsp3) is 0.375. The molecule has 1 aromatic rings. The van der Waals surface area contributed by atoms with E-state index < -0.39 is 5.69 Å². The molecule has 0 spiro atoms. The molecular weight excluding hydrogens is 170 g/mol. The van der Waals surface area contributed by atoms with Crippen LogP contribution in [0.25, 0.3) is 0 Å². The number of carbonyl (C=O) groups excluding carboxylic acids is 1. The van der Waals surface area contributed by atoms with E-state index in [1.165, 1.54) is 0 Å². The normalized spacial score (nSPS) is 9.69. The number of nitrogens with zero attached hydrogens (tertiary/aromatic N) is 1. The summed E-state index contributed by atoms with van der Waals surface area (Å²) in [5.41, 5.74) is 1.20. The van der Waals surface area contributed by atoms with Crippen molar-refractivity contribution in [3.63, 3.8) is 0 Å². The van der Waals surface area contributed by atoms with Crippen LogP contribution in [0.4, 0.5) is 5.82 Å². The molecule has 70 valence electrons. The van der Waals surface area contributed by atoms with Gasteiger partial charge in [-0.25, -0.2) is 4.79 Å². The van der Waals surface area contributed by atoms with Gasteiger partial charge in [0.2, 0.25) is 0 Å². The van der Waals surface area contributed by atoms with Crippen LogP contribution in [0, 0.1) is 13.8 Å². The molecule has 0 bridgehead atoms. The first-order chi connectivity index (χ1) is 6.15. The minimum absolute atomic E-state index is 0.163. The molecule has 1 heterocycles. The third kappa shape index (κ3) is 2.14. The van der Waals surface area contributed by atoms with Gasteiger partial charge in [-0.3, -0.25) is 0 Å². The lowest BCUT2D eigenvalue weighted by molar-refractivity contribution is -0.106. The van der Waals surface area contributed by atoms with Crippen molar-refractivity contribution in [3.8, 4) is 0 Å². The number of aromatic nitrogens is 2. The van der Waals surface area contributed by atoms with Crippen LogP contribution in [0.15, 0.2) is 4.79 Å². The Morgan fingerprint density at radius 2 is 2.23 bits per heavy atom. The largest absolute Gasteiger partial charge is 0.363 e. The summed E-state index contributed by atoms with van der Waals surface area (Å²) >= 11 is 0. The van der Waals surface area contributed by atoms with Crippen molar-refractivity contribution in [2.24, 2.45) is 0 Å². The smallest absolute Gasteiger partial charge is 0.347 e. The van der Waals surface area contributed by atoms with Gasteiger partial charge in [-0.2, -0.15) is 4.98 Å². The maximum atomic E-state index is 10.9. The molecule has 0 aromatic carbocycles. The van der Waals surface area contributed by atoms with Crippen molar-refractivity contribution in [2.75, 3.05) is 11.9 Å². The number of aldehydes is 1. The summed E-state index contributed by atoms with van der Waals surface area (Å²) in [5.74, 6) is 0.466. The molecule has 0 aliphatic carbocycles. The summed E-state index contributed by atoms with van der Waals surface area (Å²) in [6.45, 7) is 3.77. The van der Waals surface area contributed by atoms with Crippen molar-refractivity contribution in [1.82, 2.24) is 9.97 Å². The van der Waals surface area contributed by atoms with Gasteiger partial charge >= 0.3 is 5.69 Å². The summed E-state index contributed by atoms with van der Waals surface area (Å²) in [6, 6.07) is 0. The van der Waals surface area contributed by atoms with Gasteiger partial charge in [-0.1, -0.05) is 0 Å². The van der Waals surface area contributed by atoms with E-state index in [1.54, 1.807) is 6.92 Å². The number of hydrogen-bond donors (Lipinski definition) is 2. The van der Waals surface area contributed by atoms with Crippen LogP contribution >= 0.6 is 0 Å². The molecule has 1 aromatic heterocycles. The van der Waals surface area contributed by atoms with E-state index in [-0.39, 0.29) is 6.54 Å². The molecule has 0 fully saturated rings. The third-order valence-electron chi connectivity index (χ3n) is 1.78. The minimum Gasteiger partial charge on any atom is -0.363 e. The van der Waals surface area contributed by atoms with Gasteiger partial charge in [-0.15, -0.1) is 0 Å². The van der Waals surface area contributed by atoms with Crippen LogP contribution < -0.4 is 11.0 Å². The van der Waals surface area contributed by atoms with Crippen molar-refractivity contribution in [2.45, 2.75) is 13.8 Å². The molecule has 0 radical (unpaired) electrons. The van der Waals surface area contributed by atoms with Crippen LogP contribution in [-0.2, 0) is 4.79 Å². The van der Waals surface area contributed by atoms with E-state index in [4.69, 9.17) is 0 Å². The Bertz CT molecular complexity index is 370. The molecule has 0 aliphatic rings. The summed E-state index contributed by atoms with van der Waals surface area (Å²) in [7, 11) is 0. The van der Waals surface area contributed by atoms with Gasteiger partial charge in [-0.05, 0) is 13.8 Å². The van der Waals surface area contributed by atoms with Gasteiger partial charge in [0, 0.05) is 11.3 Å². The first-order valence-electron chi connectivity index (χ1n) is 3.90. The zero-order valence-corrected chi connectivity index (χ0v) is 7.55. The number of anilines is 1. The van der Waals surface area contributed by atoms with Crippen molar-refractivity contribution in [1.29, 1.82) is 0 Å². The number of carbonyl (C=O) groups is 1. The standard InChI is InChI=1S/C8H11N3O2/c1-5-6(2)10-8(13)11-7(5)9-3-4-12/h4H,3H2,1-2H3,(H2,9,10,11,13). The summed E-state index contributed by atoms with van der Waals surface area (Å²) < 4.78 is 0. The number of aryl methyl sites for hydroxylation is 1. The highest BCUT2D eigenvalue weighted by Crippen LogP contribution is 2.09.